The Hall–Kier alpha value is -2.08. The van der Waals surface area contributed by atoms with E-state index in [-0.39, 0.29) is 11.6 Å². The van der Waals surface area contributed by atoms with Crippen LogP contribution < -0.4 is 15.6 Å². The van der Waals surface area contributed by atoms with E-state index in [2.05, 4.69) is 32.9 Å². The minimum absolute atomic E-state index is 0.00829. The molecule has 1 atom stereocenters. The molecule has 21 heavy (non-hydrogen) atoms. The van der Waals surface area contributed by atoms with Gasteiger partial charge in [-0.25, -0.2) is 4.68 Å². The Morgan fingerprint density at radius 3 is 3.14 bits per heavy atom. The van der Waals surface area contributed by atoms with Gasteiger partial charge in [0.2, 0.25) is 0 Å². The van der Waals surface area contributed by atoms with Crippen LogP contribution in [0.25, 0.3) is 0 Å². The number of nitrogens with one attached hydrogen (secondary N) is 1. The number of hydrogen-bond acceptors (Lipinski definition) is 4. The van der Waals surface area contributed by atoms with Crippen LogP contribution in [0.2, 0.25) is 0 Å². The van der Waals surface area contributed by atoms with E-state index >= 15 is 0 Å². The van der Waals surface area contributed by atoms with Gasteiger partial charge in [0.15, 0.2) is 0 Å². The lowest BCUT2D eigenvalue weighted by Crippen LogP contribution is -2.25. The second-order valence-corrected chi connectivity index (χ2v) is 5.49. The average Bonchev–Trinajstić information content (AvgIpc) is 2.90. The van der Waals surface area contributed by atoms with Crippen molar-refractivity contribution < 1.29 is 4.74 Å². The molecule has 1 aromatic heterocycles. The van der Waals surface area contributed by atoms with Crippen LogP contribution in [-0.4, -0.2) is 16.4 Å². The van der Waals surface area contributed by atoms with Crippen molar-refractivity contribution in [2.75, 3.05) is 11.9 Å². The number of hydrogen-bond donors (Lipinski definition) is 1. The Balaban J connectivity index is 1.88. The maximum Gasteiger partial charge on any atom is 0.283 e. The minimum Gasteiger partial charge on any atom is -0.491 e. The summed E-state index contributed by atoms with van der Waals surface area (Å²) in [6.07, 6.45) is 3.27. The lowest BCUT2D eigenvalue weighted by Gasteiger charge is -2.14. The van der Waals surface area contributed by atoms with Crippen LogP contribution in [0.1, 0.15) is 11.6 Å². The van der Waals surface area contributed by atoms with Crippen LogP contribution in [0.4, 0.5) is 5.69 Å². The molecule has 3 rings (SSSR count). The number of allylic oxidation sites excluding steroid dienone is 1. The summed E-state index contributed by atoms with van der Waals surface area (Å²) < 4.78 is 7.43. The lowest BCUT2D eigenvalue weighted by molar-refractivity contribution is 0.339. The van der Waals surface area contributed by atoms with Gasteiger partial charge in [0, 0.05) is 5.56 Å². The summed E-state index contributed by atoms with van der Waals surface area (Å²) in [7, 11) is 0. The van der Waals surface area contributed by atoms with Gasteiger partial charge < -0.3 is 10.1 Å². The summed E-state index contributed by atoms with van der Waals surface area (Å²) in [4.78, 5) is 12.1. The fourth-order valence-corrected chi connectivity index (χ4v) is 2.71. The highest BCUT2D eigenvalue weighted by molar-refractivity contribution is 9.10. The van der Waals surface area contributed by atoms with Crippen molar-refractivity contribution in [1.82, 2.24) is 9.78 Å². The zero-order valence-corrected chi connectivity index (χ0v) is 12.8. The molecule has 0 spiro atoms. The van der Waals surface area contributed by atoms with E-state index in [1.165, 1.54) is 4.68 Å². The molecule has 1 N–H and O–H groups in total. The van der Waals surface area contributed by atoms with Crippen LogP contribution in [0.5, 0.6) is 5.75 Å². The number of halogens is 1. The lowest BCUT2D eigenvalue weighted by atomic mass is 10.1. The van der Waals surface area contributed by atoms with E-state index in [0.29, 0.717) is 23.3 Å². The van der Waals surface area contributed by atoms with Crippen molar-refractivity contribution in [3.05, 3.63) is 63.5 Å². The number of para-hydroxylation sites is 1. The van der Waals surface area contributed by atoms with Crippen LogP contribution in [0.15, 0.2) is 52.4 Å². The first kappa shape index (κ1) is 13.9. The molecule has 0 saturated heterocycles. The number of aromatic nitrogens is 2. The van der Waals surface area contributed by atoms with E-state index in [4.69, 9.17) is 4.74 Å². The third-order valence-electron chi connectivity index (χ3n) is 3.32. The summed E-state index contributed by atoms with van der Waals surface area (Å²) in [6, 6.07) is 7.87. The molecule has 0 aliphatic carbocycles. The molecule has 1 aliphatic heterocycles. The van der Waals surface area contributed by atoms with Gasteiger partial charge in [-0.15, -0.1) is 6.58 Å². The maximum absolute atomic E-state index is 12.1. The van der Waals surface area contributed by atoms with Gasteiger partial charge in [-0.1, -0.05) is 24.3 Å². The molecule has 2 heterocycles. The standard InChI is InChI=1S/C15H14BrN3O2/c1-2-7-19-15(20)14(16)11(8-17-19)18-12-9-21-13-6-4-3-5-10(12)13/h2-6,8,12,18H,1,7,9H2. The molecule has 6 heteroatoms. The van der Waals surface area contributed by atoms with Gasteiger partial charge in [-0.3, -0.25) is 4.79 Å². The molecular weight excluding hydrogens is 334 g/mol. The van der Waals surface area contributed by atoms with E-state index in [0.717, 1.165) is 11.3 Å². The number of rotatable bonds is 4. The molecule has 0 radical (unpaired) electrons. The summed E-state index contributed by atoms with van der Waals surface area (Å²) >= 11 is 3.34. The largest absolute Gasteiger partial charge is 0.491 e. The second-order valence-electron chi connectivity index (χ2n) is 4.69. The van der Waals surface area contributed by atoms with Gasteiger partial charge >= 0.3 is 0 Å². The van der Waals surface area contributed by atoms with Crippen molar-refractivity contribution >= 4 is 21.6 Å². The molecule has 0 bridgehead atoms. The number of fused-ring (bicyclic) bond motifs is 1. The zero-order valence-electron chi connectivity index (χ0n) is 11.3. The van der Waals surface area contributed by atoms with Gasteiger partial charge in [-0.2, -0.15) is 5.10 Å². The van der Waals surface area contributed by atoms with E-state index in [9.17, 15) is 4.79 Å². The fourth-order valence-electron chi connectivity index (χ4n) is 2.29. The van der Waals surface area contributed by atoms with Crippen molar-refractivity contribution in [3.8, 4) is 5.75 Å². The highest BCUT2D eigenvalue weighted by atomic mass is 79.9. The number of anilines is 1. The summed E-state index contributed by atoms with van der Waals surface area (Å²) in [5.41, 5.74) is 1.55. The van der Waals surface area contributed by atoms with Crippen LogP contribution in [-0.2, 0) is 6.54 Å². The van der Waals surface area contributed by atoms with Crippen molar-refractivity contribution in [1.29, 1.82) is 0 Å². The van der Waals surface area contributed by atoms with Crippen LogP contribution >= 0.6 is 15.9 Å². The second kappa shape index (κ2) is 5.73. The first-order valence-corrected chi connectivity index (χ1v) is 7.35. The Bertz CT molecular complexity index is 742. The fraction of sp³-hybridized carbons (Fsp3) is 0.200. The summed E-state index contributed by atoms with van der Waals surface area (Å²) in [5, 5.41) is 7.43. The normalized spacial score (nSPS) is 16.1. The molecule has 5 nitrogen and oxygen atoms in total. The molecule has 2 aromatic rings. The predicted octanol–water partition coefficient (Wildman–Crippen LogP) is 2.74. The van der Waals surface area contributed by atoms with Crippen LogP contribution in [0.3, 0.4) is 0 Å². The van der Waals surface area contributed by atoms with E-state index in [1.807, 2.05) is 24.3 Å². The molecule has 0 amide bonds. The molecule has 0 saturated carbocycles. The van der Waals surface area contributed by atoms with Crippen molar-refractivity contribution in [2.24, 2.45) is 0 Å². The van der Waals surface area contributed by atoms with Crippen LogP contribution in [0, 0.1) is 0 Å². The molecular formula is C15H14BrN3O2. The van der Waals surface area contributed by atoms with Crippen molar-refractivity contribution in [3.63, 3.8) is 0 Å². The molecule has 1 unspecified atom stereocenters. The first-order valence-electron chi connectivity index (χ1n) is 6.55. The molecule has 108 valence electrons. The maximum atomic E-state index is 12.1. The van der Waals surface area contributed by atoms with Crippen molar-refractivity contribution in [2.45, 2.75) is 12.6 Å². The highest BCUT2D eigenvalue weighted by Gasteiger charge is 2.24. The van der Waals surface area contributed by atoms with Gasteiger partial charge in [0.1, 0.15) is 16.8 Å². The average molecular weight is 348 g/mol. The van der Waals surface area contributed by atoms with Gasteiger partial charge in [0.05, 0.1) is 24.5 Å². The molecule has 0 fully saturated rings. The smallest absolute Gasteiger partial charge is 0.283 e. The third kappa shape index (κ3) is 2.58. The Kier molecular flexibility index (Phi) is 3.79. The predicted molar refractivity (Wildman–Crippen MR) is 84.7 cm³/mol. The Morgan fingerprint density at radius 2 is 2.33 bits per heavy atom. The quantitative estimate of drug-likeness (QED) is 0.864. The summed E-state index contributed by atoms with van der Waals surface area (Å²) in [6.45, 7) is 4.52. The monoisotopic (exact) mass is 347 g/mol. The molecule has 1 aromatic carbocycles. The zero-order chi connectivity index (χ0) is 14.8. The Morgan fingerprint density at radius 1 is 1.52 bits per heavy atom. The van der Waals surface area contributed by atoms with E-state index < -0.39 is 0 Å². The first-order chi connectivity index (χ1) is 10.2. The number of nitrogens with zero attached hydrogens (tertiary/aromatic N) is 2. The topological polar surface area (TPSA) is 56.1 Å². The number of benzene rings is 1. The molecule has 1 aliphatic rings. The van der Waals surface area contributed by atoms with Gasteiger partial charge in [0.25, 0.3) is 5.56 Å². The summed E-state index contributed by atoms with van der Waals surface area (Å²) in [5.74, 6) is 0.874. The minimum atomic E-state index is -0.188. The number of ether oxygens (including phenoxy) is 1. The Labute approximate surface area is 130 Å². The third-order valence-corrected chi connectivity index (χ3v) is 4.08. The van der Waals surface area contributed by atoms with Gasteiger partial charge in [-0.05, 0) is 22.0 Å². The SMILES string of the molecule is C=CCn1ncc(NC2COc3ccccc32)c(Br)c1=O. The van der Waals surface area contributed by atoms with E-state index in [1.54, 1.807) is 12.3 Å². The highest BCUT2D eigenvalue weighted by Crippen LogP contribution is 2.34.